The molecule has 39 heavy (non-hydrogen) atoms. The van der Waals surface area contributed by atoms with Crippen molar-refractivity contribution in [2.75, 3.05) is 39.8 Å². The molecule has 3 aliphatic rings. The Labute approximate surface area is 229 Å². The zero-order chi connectivity index (χ0) is 28.3. The van der Waals surface area contributed by atoms with E-state index in [0.29, 0.717) is 19.5 Å². The average molecular weight is 559 g/mol. The highest BCUT2D eigenvalue weighted by molar-refractivity contribution is 7.89. The van der Waals surface area contributed by atoms with E-state index in [-0.39, 0.29) is 30.2 Å². The molecule has 0 aromatic heterocycles. The Bertz CT molecular complexity index is 1310. The molecular weight excluding hydrogens is 520 g/mol. The van der Waals surface area contributed by atoms with Crippen molar-refractivity contribution in [1.29, 1.82) is 5.41 Å². The van der Waals surface area contributed by atoms with E-state index in [2.05, 4.69) is 9.62 Å². The number of fused-ring (bicyclic) bond motifs is 1. The summed E-state index contributed by atoms with van der Waals surface area (Å²) in [6.45, 7) is 4.49. The second-order valence-corrected chi connectivity index (χ2v) is 12.4. The highest BCUT2D eigenvalue weighted by Crippen LogP contribution is 2.24. The molecule has 212 valence electrons. The maximum atomic E-state index is 13.8. The summed E-state index contributed by atoms with van der Waals surface area (Å²) in [5.74, 6) is -1.82. The molecule has 0 aliphatic carbocycles. The van der Waals surface area contributed by atoms with Gasteiger partial charge in [0.25, 0.3) is 0 Å². The number of guanidine groups is 1. The first kappa shape index (κ1) is 28.8. The van der Waals surface area contributed by atoms with Crippen LogP contribution in [-0.4, -0.2) is 97.9 Å². The molecule has 1 amide bonds. The van der Waals surface area contributed by atoms with E-state index in [4.69, 9.17) is 11.1 Å². The zero-order valence-electron chi connectivity index (χ0n) is 22.5. The van der Waals surface area contributed by atoms with Crippen LogP contribution in [0.1, 0.15) is 37.3 Å². The lowest BCUT2D eigenvalue weighted by molar-refractivity contribution is -0.150. The van der Waals surface area contributed by atoms with Crippen LogP contribution in [0.25, 0.3) is 0 Å². The second kappa shape index (κ2) is 11.9. The third-order valence-electron chi connectivity index (χ3n) is 7.74. The summed E-state index contributed by atoms with van der Waals surface area (Å²) in [7, 11) is -2.08. The number of benzene rings is 1. The van der Waals surface area contributed by atoms with Gasteiger partial charge in [0.05, 0.1) is 4.90 Å². The molecule has 3 aliphatic heterocycles. The summed E-state index contributed by atoms with van der Waals surface area (Å²) in [4.78, 5) is 31.0. The minimum atomic E-state index is -4.11. The molecule has 3 heterocycles. The molecular formula is C27H38N6O5S. The number of sulfonamides is 1. The fraction of sp³-hybridized carbons (Fsp3) is 0.519. The number of carbonyl (C=O) groups excluding carboxylic acids is 1. The molecule has 1 aromatic carbocycles. The minimum Gasteiger partial charge on any atom is -0.480 e. The van der Waals surface area contributed by atoms with Crippen molar-refractivity contribution in [2.45, 2.75) is 56.0 Å². The summed E-state index contributed by atoms with van der Waals surface area (Å²) in [5.41, 5.74) is 9.39. The average Bonchev–Trinajstić information content (AvgIpc) is 3.08. The highest BCUT2D eigenvalue weighted by Gasteiger charge is 2.37. The number of amides is 1. The molecule has 0 saturated heterocycles. The number of hydrogen-bond donors (Lipinski definition) is 4. The molecule has 0 radical (unpaired) electrons. The number of nitrogens with two attached hydrogens (primary N) is 1. The van der Waals surface area contributed by atoms with Crippen LogP contribution in [0.4, 0.5) is 0 Å². The lowest BCUT2D eigenvalue weighted by atomic mass is 9.97. The molecule has 0 bridgehead atoms. The van der Waals surface area contributed by atoms with Crippen LogP contribution >= 0.6 is 0 Å². The smallest absolute Gasteiger partial charge is 0.326 e. The molecule has 1 aromatic rings. The fourth-order valence-electron chi connectivity index (χ4n) is 5.39. The minimum absolute atomic E-state index is 0.0448. The van der Waals surface area contributed by atoms with Gasteiger partial charge in [0.1, 0.15) is 12.1 Å². The maximum Gasteiger partial charge on any atom is 0.326 e. The number of carboxylic acids is 1. The van der Waals surface area contributed by atoms with Crippen molar-refractivity contribution in [3.8, 4) is 0 Å². The molecule has 0 unspecified atom stereocenters. The van der Waals surface area contributed by atoms with Crippen LogP contribution < -0.4 is 10.5 Å². The van der Waals surface area contributed by atoms with Gasteiger partial charge in [-0.25, -0.2) is 13.2 Å². The molecule has 0 saturated carbocycles. The predicted molar refractivity (Wildman–Crippen MR) is 148 cm³/mol. The Balaban J connectivity index is 1.63. The standard InChI is InChI=1S/C27H38N6O5S/c1-18-7-13-33(24(14-18)26(35)36)25(34)23(15-19-4-3-10-32(17-19)27(28)29)30-39(37,38)22-6-5-20-8-11-31(2)12-9-21(20)16-22/h4-7,16,23-24,30H,3,8-15,17H2,1-2H3,(H3,28,29)(H,35,36)/t23-,24+/m0/s1. The highest BCUT2D eigenvalue weighted by atomic mass is 32.2. The Kier molecular flexibility index (Phi) is 8.77. The van der Waals surface area contributed by atoms with E-state index in [0.717, 1.165) is 48.2 Å². The Morgan fingerprint density at radius 1 is 1.18 bits per heavy atom. The normalized spacial score (nSPS) is 21.3. The maximum absolute atomic E-state index is 13.8. The number of carboxylic acid groups (broad SMARTS) is 1. The van der Waals surface area contributed by atoms with Gasteiger partial charge in [0.15, 0.2) is 5.96 Å². The number of nitrogens with zero attached hydrogens (tertiary/aromatic N) is 3. The molecule has 4 rings (SSSR count). The van der Waals surface area contributed by atoms with Crippen molar-refractivity contribution < 1.29 is 23.1 Å². The van der Waals surface area contributed by atoms with E-state index < -0.39 is 34.0 Å². The van der Waals surface area contributed by atoms with Gasteiger partial charge >= 0.3 is 5.97 Å². The summed E-state index contributed by atoms with van der Waals surface area (Å²) in [6.07, 6.45) is 6.12. The van der Waals surface area contributed by atoms with Crippen LogP contribution in [0, 0.1) is 5.41 Å². The van der Waals surface area contributed by atoms with Gasteiger partial charge in [0, 0.05) is 32.7 Å². The van der Waals surface area contributed by atoms with E-state index in [1.54, 1.807) is 23.1 Å². The van der Waals surface area contributed by atoms with Crippen molar-refractivity contribution >= 4 is 27.9 Å². The van der Waals surface area contributed by atoms with Crippen molar-refractivity contribution in [2.24, 2.45) is 5.73 Å². The van der Waals surface area contributed by atoms with Crippen molar-refractivity contribution in [3.63, 3.8) is 0 Å². The first-order valence-electron chi connectivity index (χ1n) is 13.2. The van der Waals surface area contributed by atoms with Gasteiger partial charge in [-0.2, -0.15) is 4.72 Å². The third kappa shape index (κ3) is 6.87. The topological polar surface area (TPSA) is 160 Å². The van der Waals surface area contributed by atoms with Gasteiger partial charge in [-0.1, -0.05) is 29.4 Å². The van der Waals surface area contributed by atoms with Gasteiger partial charge in [0.2, 0.25) is 15.9 Å². The van der Waals surface area contributed by atoms with E-state index in [9.17, 15) is 23.1 Å². The number of aliphatic carboxylic acids is 1. The van der Waals surface area contributed by atoms with Gasteiger partial charge < -0.3 is 25.5 Å². The zero-order valence-corrected chi connectivity index (χ0v) is 23.3. The molecule has 5 N–H and O–H groups in total. The summed E-state index contributed by atoms with van der Waals surface area (Å²) < 4.78 is 29.9. The van der Waals surface area contributed by atoms with Gasteiger partial charge in [-0.3, -0.25) is 10.2 Å². The first-order valence-corrected chi connectivity index (χ1v) is 14.7. The molecule has 2 atom stereocenters. The van der Waals surface area contributed by atoms with Crippen LogP contribution in [0.2, 0.25) is 0 Å². The third-order valence-corrected chi connectivity index (χ3v) is 9.21. The Hall–Kier alpha value is -3.22. The molecule has 12 heteroatoms. The van der Waals surface area contributed by atoms with E-state index in [1.807, 2.05) is 26.1 Å². The molecule has 11 nitrogen and oxygen atoms in total. The van der Waals surface area contributed by atoms with Crippen LogP contribution in [-0.2, 0) is 32.5 Å². The largest absolute Gasteiger partial charge is 0.480 e. The summed E-state index contributed by atoms with van der Waals surface area (Å²) in [5, 5.41) is 17.6. The number of likely N-dealkylation sites (N-methyl/N-ethyl adjacent to an activating group) is 1. The first-order chi connectivity index (χ1) is 18.4. The lowest BCUT2D eigenvalue weighted by Crippen LogP contribution is -2.55. The van der Waals surface area contributed by atoms with E-state index in [1.165, 1.54) is 4.90 Å². The second-order valence-electron chi connectivity index (χ2n) is 10.7. The Morgan fingerprint density at radius 3 is 2.59 bits per heavy atom. The van der Waals surface area contributed by atoms with Crippen LogP contribution in [0.3, 0.4) is 0 Å². The van der Waals surface area contributed by atoms with Crippen LogP contribution in [0.5, 0.6) is 0 Å². The number of rotatable bonds is 7. The van der Waals surface area contributed by atoms with E-state index >= 15 is 0 Å². The molecule has 0 fully saturated rings. The lowest BCUT2D eigenvalue weighted by Gasteiger charge is -2.35. The van der Waals surface area contributed by atoms with Crippen molar-refractivity contribution in [3.05, 3.63) is 52.6 Å². The predicted octanol–water partition coefficient (Wildman–Crippen LogP) is 0.911. The van der Waals surface area contributed by atoms with Gasteiger partial charge in [-0.05, 0) is 69.3 Å². The number of hydrogen-bond acceptors (Lipinski definition) is 6. The Morgan fingerprint density at radius 2 is 1.90 bits per heavy atom. The summed E-state index contributed by atoms with van der Waals surface area (Å²) in [6, 6.07) is 2.80. The molecule has 0 spiro atoms. The number of nitrogens with one attached hydrogen (secondary N) is 2. The van der Waals surface area contributed by atoms with Crippen molar-refractivity contribution in [1.82, 2.24) is 19.4 Å². The summed E-state index contributed by atoms with van der Waals surface area (Å²) >= 11 is 0. The van der Waals surface area contributed by atoms with Gasteiger partial charge in [-0.15, -0.1) is 0 Å². The quantitative estimate of drug-likeness (QED) is 0.218. The van der Waals surface area contributed by atoms with Crippen LogP contribution in [0.15, 0.2) is 46.4 Å². The number of carbonyl (C=O) groups is 2. The fourth-order valence-corrected chi connectivity index (χ4v) is 6.63. The SMILES string of the molecule is CC1=CCN(C(=O)[C@H](CC2=CCCN(C(=N)N)C2)NS(=O)(=O)c2ccc3c(c2)CCN(C)CC3)[C@@H](C(=O)O)C1. The monoisotopic (exact) mass is 558 g/mol.